The molecule has 28 heavy (non-hydrogen) atoms. The van der Waals surface area contributed by atoms with E-state index in [1.165, 1.54) is 51.4 Å². The molecule has 0 atom stereocenters. The van der Waals surface area contributed by atoms with Crippen LogP contribution in [0.4, 0.5) is 0 Å². The zero-order valence-corrected chi connectivity index (χ0v) is 19.3. The summed E-state index contributed by atoms with van der Waals surface area (Å²) in [7, 11) is 0. The molecule has 4 heteroatoms. The number of nitrogens with zero attached hydrogens (tertiary/aromatic N) is 1. The van der Waals surface area contributed by atoms with Gasteiger partial charge in [-0.2, -0.15) is 0 Å². The number of hydrogen-bond donors (Lipinski definition) is 0. The Kier molecular flexibility index (Phi) is 18.5. The molecule has 166 valence electrons. The molecule has 0 saturated heterocycles. The lowest BCUT2D eigenvalue weighted by Crippen LogP contribution is -2.33. The third-order valence-corrected chi connectivity index (χ3v) is 5.15. The highest BCUT2D eigenvalue weighted by molar-refractivity contribution is 5.81. The Balaban J connectivity index is 4.18. The van der Waals surface area contributed by atoms with Gasteiger partial charge in [-0.3, -0.25) is 9.59 Å². The van der Waals surface area contributed by atoms with Crippen LogP contribution in [-0.4, -0.2) is 36.5 Å². The second kappa shape index (κ2) is 19.3. The van der Waals surface area contributed by atoms with Crippen LogP contribution >= 0.6 is 0 Å². The molecule has 0 saturated carbocycles. The maximum Gasteiger partial charge on any atom is 0.306 e. The first kappa shape index (κ1) is 26.9. The van der Waals surface area contributed by atoms with Crippen molar-refractivity contribution in [1.82, 2.24) is 4.90 Å². The summed E-state index contributed by atoms with van der Waals surface area (Å²) in [6.45, 7) is 10.9. The molecule has 0 aliphatic carbocycles. The summed E-state index contributed by atoms with van der Waals surface area (Å²) in [5.74, 6) is 0.511. The minimum absolute atomic E-state index is 0.116. The number of rotatable bonds is 19. The summed E-state index contributed by atoms with van der Waals surface area (Å²) in [4.78, 5) is 26.5. The lowest BCUT2D eigenvalue weighted by atomic mass is 10.1. The fourth-order valence-electron chi connectivity index (χ4n) is 3.29. The average Bonchev–Trinajstić information content (AvgIpc) is 2.67. The number of ether oxygens (including phenoxy) is 1. The fraction of sp³-hybridized carbons (Fsp3) is 0.917. The Bertz CT molecular complexity index is 368. The van der Waals surface area contributed by atoms with Gasteiger partial charge in [-0.05, 0) is 31.6 Å². The van der Waals surface area contributed by atoms with E-state index in [0.29, 0.717) is 12.5 Å². The molecule has 0 heterocycles. The number of carbonyl (C=O) groups is 2. The molecule has 0 fully saturated rings. The summed E-state index contributed by atoms with van der Waals surface area (Å²) < 4.78 is 5.26. The summed E-state index contributed by atoms with van der Waals surface area (Å²) in [6, 6.07) is 0. The average molecular weight is 398 g/mol. The van der Waals surface area contributed by atoms with Crippen LogP contribution in [0.1, 0.15) is 118 Å². The highest BCUT2D eigenvalue weighted by Gasteiger charge is 2.15. The molecule has 0 N–H and O–H groups in total. The second-order valence-electron chi connectivity index (χ2n) is 8.47. The van der Waals surface area contributed by atoms with Crippen molar-refractivity contribution in [2.24, 2.45) is 5.92 Å². The topological polar surface area (TPSA) is 46.6 Å². The molecule has 0 bridgehead atoms. The number of hydrogen-bond acceptors (Lipinski definition) is 3. The van der Waals surface area contributed by atoms with E-state index in [1.807, 2.05) is 4.90 Å². The summed E-state index contributed by atoms with van der Waals surface area (Å²) in [6.07, 6.45) is 14.5. The van der Waals surface area contributed by atoms with E-state index in [9.17, 15) is 9.59 Å². The number of unbranched alkanes of at least 4 members (excludes halogenated alkanes) is 8. The molecular formula is C24H47NO3. The van der Waals surface area contributed by atoms with Crippen LogP contribution in [0.25, 0.3) is 0 Å². The Morgan fingerprint density at radius 1 is 0.750 bits per heavy atom. The van der Waals surface area contributed by atoms with Crippen molar-refractivity contribution in [3.8, 4) is 0 Å². The number of esters is 1. The van der Waals surface area contributed by atoms with E-state index >= 15 is 0 Å². The predicted molar refractivity (Wildman–Crippen MR) is 118 cm³/mol. The van der Waals surface area contributed by atoms with Crippen molar-refractivity contribution in [2.75, 3.05) is 19.7 Å². The van der Waals surface area contributed by atoms with Crippen LogP contribution in [0.2, 0.25) is 0 Å². The van der Waals surface area contributed by atoms with Gasteiger partial charge in [0.05, 0.1) is 13.0 Å². The minimum Gasteiger partial charge on any atom is -0.466 e. The van der Waals surface area contributed by atoms with Gasteiger partial charge in [0.1, 0.15) is 0 Å². The number of carbonyl (C=O) groups excluding carboxylic acids is 2. The van der Waals surface area contributed by atoms with Gasteiger partial charge >= 0.3 is 5.97 Å². The molecule has 0 rings (SSSR count). The second-order valence-corrected chi connectivity index (χ2v) is 8.47. The molecule has 0 aliphatic rings. The van der Waals surface area contributed by atoms with Gasteiger partial charge in [-0.1, -0.05) is 79.1 Å². The van der Waals surface area contributed by atoms with Gasteiger partial charge in [0.25, 0.3) is 0 Å². The van der Waals surface area contributed by atoms with Gasteiger partial charge in [0.2, 0.25) is 5.91 Å². The van der Waals surface area contributed by atoms with Gasteiger partial charge in [0, 0.05) is 19.5 Å². The zero-order valence-electron chi connectivity index (χ0n) is 19.3. The predicted octanol–water partition coefficient (Wildman–Crippen LogP) is 6.52. The third kappa shape index (κ3) is 17.1. The van der Waals surface area contributed by atoms with Crippen molar-refractivity contribution in [3.05, 3.63) is 0 Å². The quantitative estimate of drug-likeness (QED) is 0.184. The van der Waals surface area contributed by atoms with E-state index in [-0.39, 0.29) is 24.7 Å². The Hall–Kier alpha value is -1.06. The van der Waals surface area contributed by atoms with Gasteiger partial charge < -0.3 is 9.64 Å². The van der Waals surface area contributed by atoms with Crippen LogP contribution in [0, 0.1) is 5.92 Å². The van der Waals surface area contributed by atoms with Crippen molar-refractivity contribution in [3.63, 3.8) is 0 Å². The minimum atomic E-state index is -0.233. The third-order valence-electron chi connectivity index (χ3n) is 5.15. The maximum absolute atomic E-state index is 12.6. The van der Waals surface area contributed by atoms with Crippen LogP contribution in [-0.2, 0) is 14.3 Å². The molecule has 0 aromatic heterocycles. The summed E-state index contributed by atoms with van der Waals surface area (Å²) in [5.41, 5.74) is 0. The van der Waals surface area contributed by atoms with Gasteiger partial charge in [-0.15, -0.1) is 0 Å². The van der Waals surface area contributed by atoms with E-state index in [2.05, 4.69) is 27.7 Å². The summed E-state index contributed by atoms with van der Waals surface area (Å²) >= 11 is 0. The van der Waals surface area contributed by atoms with E-state index in [1.54, 1.807) is 0 Å². The highest BCUT2D eigenvalue weighted by Crippen LogP contribution is 2.10. The van der Waals surface area contributed by atoms with E-state index in [4.69, 9.17) is 4.74 Å². The largest absolute Gasteiger partial charge is 0.466 e. The SMILES string of the molecule is CCCCCCCN(CCCCCCC)C(=O)CCC(=O)OCCCC(C)C. The van der Waals surface area contributed by atoms with E-state index < -0.39 is 0 Å². The number of amides is 1. The Morgan fingerprint density at radius 2 is 1.29 bits per heavy atom. The fourth-order valence-corrected chi connectivity index (χ4v) is 3.29. The van der Waals surface area contributed by atoms with E-state index in [0.717, 1.165) is 38.8 Å². The zero-order chi connectivity index (χ0) is 21.0. The molecule has 0 aromatic carbocycles. The first-order valence-electron chi connectivity index (χ1n) is 11.9. The molecule has 4 nitrogen and oxygen atoms in total. The normalized spacial score (nSPS) is 11.0. The van der Waals surface area contributed by atoms with Crippen molar-refractivity contribution in [1.29, 1.82) is 0 Å². The summed E-state index contributed by atoms with van der Waals surface area (Å²) in [5, 5.41) is 0. The Morgan fingerprint density at radius 3 is 1.79 bits per heavy atom. The maximum atomic E-state index is 12.6. The first-order valence-corrected chi connectivity index (χ1v) is 11.9. The monoisotopic (exact) mass is 397 g/mol. The van der Waals surface area contributed by atoms with Crippen molar-refractivity contribution >= 4 is 11.9 Å². The first-order chi connectivity index (χ1) is 13.5. The lowest BCUT2D eigenvalue weighted by Gasteiger charge is -2.23. The van der Waals surface area contributed by atoms with Crippen LogP contribution in [0.3, 0.4) is 0 Å². The highest BCUT2D eigenvalue weighted by atomic mass is 16.5. The molecule has 1 amide bonds. The van der Waals surface area contributed by atoms with Crippen LogP contribution < -0.4 is 0 Å². The Labute approximate surface area is 174 Å². The smallest absolute Gasteiger partial charge is 0.306 e. The molecule has 0 aliphatic heterocycles. The molecule has 0 unspecified atom stereocenters. The molecule has 0 radical (unpaired) electrons. The van der Waals surface area contributed by atoms with Gasteiger partial charge in [-0.25, -0.2) is 0 Å². The van der Waals surface area contributed by atoms with Crippen molar-refractivity contribution < 1.29 is 14.3 Å². The lowest BCUT2D eigenvalue weighted by molar-refractivity contribution is -0.146. The molecular weight excluding hydrogens is 350 g/mol. The molecule has 0 spiro atoms. The standard InChI is InChI=1S/C24H47NO3/c1-5-7-9-11-13-19-25(20-14-12-10-8-6-2)23(26)17-18-24(27)28-21-15-16-22(3)4/h22H,5-21H2,1-4H3. The van der Waals surface area contributed by atoms with Crippen LogP contribution in [0.15, 0.2) is 0 Å². The van der Waals surface area contributed by atoms with Gasteiger partial charge in [0.15, 0.2) is 0 Å². The van der Waals surface area contributed by atoms with Crippen molar-refractivity contribution in [2.45, 2.75) is 118 Å². The molecule has 0 aromatic rings. The van der Waals surface area contributed by atoms with Crippen LogP contribution in [0.5, 0.6) is 0 Å².